The highest BCUT2D eigenvalue weighted by Crippen LogP contribution is 2.50. The van der Waals surface area contributed by atoms with Gasteiger partial charge >= 0.3 is 0 Å². The van der Waals surface area contributed by atoms with Gasteiger partial charge in [-0.05, 0) is 43.4 Å². The van der Waals surface area contributed by atoms with E-state index in [1.54, 1.807) is 12.4 Å². The van der Waals surface area contributed by atoms with Crippen LogP contribution >= 0.6 is 15.9 Å². The molecule has 1 saturated carbocycles. The van der Waals surface area contributed by atoms with E-state index in [1.807, 2.05) is 0 Å². The van der Waals surface area contributed by atoms with Crippen molar-refractivity contribution in [3.8, 4) is 11.5 Å². The second kappa shape index (κ2) is 5.05. The highest BCUT2D eigenvalue weighted by atomic mass is 79.9. The van der Waals surface area contributed by atoms with Crippen molar-refractivity contribution in [1.82, 2.24) is 20.3 Å². The minimum Gasteiger partial charge on any atom is -0.334 e. The second-order valence-corrected chi connectivity index (χ2v) is 6.81. The van der Waals surface area contributed by atoms with Crippen LogP contribution in [0.3, 0.4) is 0 Å². The third kappa shape index (κ3) is 2.18. The summed E-state index contributed by atoms with van der Waals surface area (Å²) in [6, 6.07) is 8.40. The largest absolute Gasteiger partial charge is 0.334 e. The first-order valence-electron chi connectivity index (χ1n) is 7.27. The van der Waals surface area contributed by atoms with Crippen molar-refractivity contribution in [2.75, 3.05) is 0 Å². The number of nitrogens with one attached hydrogen (secondary N) is 1. The number of aromatic nitrogens is 4. The molecule has 2 aromatic heterocycles. The first-order valence-corrected chi connectivity index (χ1v) is 8.06. The van der Waals surface area contributed by atoms with Crippen LogP contribution in [0, 0.1) is 5.92 Å². The number of H-pyrrole nitrogens is 1. The molecule has 1 aliphatic rings. The van der Waals surface area contributed by atoms with E-state index in [0.717, 1.165) is 15.9 Å². The van der Waals surface area contributed by atoms with Crippen molar-refractivity contribution < 1.29 is 4.52 Å². The van der Waals surface area contributed by atoms with Gasteiger partial charge in [-0.25, -0.2) is 0 Å². The van der Waals surface area contributed by atoms with Gasteiger partial charge in [0.25, 0.3) is 5.89 Å². The third-order valence-corrected chi connectivity index (χ3v) is 5.00. The molecule has 0 bridgehead atoms. The highest BCUT2D eigenvalue weighted by molar-refractivity contribution is 9.10. The molecule has 5 nitrogen and oxygen atoms in total. The van der Waals surface area contributed by atoms with Gasteiger partial charge in [-0.2, -0.15) is 10.1 Å². The van der Waals surface area contributed by atoms with E-state index in [4.69, 9.17) is 4.52 Å². The third-order valence-electron chi connectivity index (χ3n) is 4.47. The normalized spacial score (nSPS) is 17.4. The molecule has 3 aromatic rings. The molecule has 6 heteroatoms. The van der Waals surface area contributed by atoms with E-state index in [9.17, 15) is 0 Å². The molecule has 1 unspecified atom stereocenters. The predicted octanol–water partition coefficient (Wildman–Crippen LogP) is 3.94. The van der Waals surface area contributed by atoms with Gasteiger partial charge in [0.05, 0.1) is 17.2 Å². The van der Waals surface area contributed by atoms with Crippen LogP contribution < -0.4 is 0 Å². The molecular weight excluding hydrogens is 344 g/mol. The van der Waals surface area contributed by atoms with Crippen LogP contribution in [0.5, 0.6) is 0 Å². The summed E-state index contributed by atoms with van der Waals surface area (Å²) in [5.74, 6) is 1.81. The Balaban J connectivity index is 1.78. The maximum Gasteiger partial charge on any atom is 0.261 e. The first kappa shape index (κ1) is 13.7. The summed E-state index contributed by atoms with van der Waals surface area (Å²) in [6.07, 6.45) is 5.83. The monoisotopic (exact) mass is 358 g/mol. The van der Waals surface area contributed by atoms with Crippen molar-refractivity contribution in [3.63, 3.8) is 0 Å². The number of benzene rings is 1. The van der Waals surface area contributed by atoms with Crippen LogP contribution in [-0.4, -0.2) is 20.3 Å². The molecule has 1 N–H and O–H groups in total. The van der Waals surface area contributed by atoms with Gasteiger partial charge in [0, 0.05) is 10.7 Å². The molecule has 0 saturated heterocycles. The van der Waals surface area contributed by atoms with Crippen LogP contribution in [-0.2, 0) is 5.41 Å². The number of hydrogen-bond acceptors (Lipinski definition) is 4. The van der Waals surface area contributed by atoms with Crippen molar-refractivity contribution in [2.45, 2.75) is 25.2 Å². The molecule has 1 aliphatic carbocycles. The Morgan fingerprint density at radius 3 is 2.68 bits per heavy atom. The Bertz CT molecular complexity index is 777. The van der Waals surface area contributed by atoms with E-state index in [1.165, 1.54) is 18.4 Å². The first-order chi connectivity index (χ1) is 10.7. The zero-order valence-corrected chi connectivity index (χ0v) is 13.7. The summed E-state index contributed by atoms with van der Waals surface area (Å²) in [5, 5.41) is 11.0. The molecule has 1 fully saturated rings. The Hall–Kier alpha value is -1.95. The lowest BCUT2D eigenvalue weighted by Gasteiger charge is -2.26. The van der Waals surface area contributed by atoms with Gasteiger partial charge in [0.15, 0.2) is 5.82 Å². The topological polar surface area (TPSA) is 67.6 Å². The maximum atomic E-state index is 5.45. The van der Waals surface area contributed by atoms with Crippen LogP contribution in [0.4, 0.5) is 0 Å². The Morgan fingerprint density at radius 2 is 2.05 bits per heavy atom. The van der Waals surface area contributed by atoms with Crippen LogP contribution in [0.1, 0.15) is 31.2 Å². The number of rotatable bonds is 4. The highest BCUT2D eigenvalue weighted by Gasteiger charge is 2.47. The van der Waals surface area contributed by atoms with E-state index in [2.05, 4.69) is 67.5 Å². The van der Waals surface area contributed by atoms with Crippen LogP contribution in [0.2, 0.25) is 0 Å². The quantitative estimate of drug-likeness (QED) is 0.766. The molecule has 0 spiro atoms. The van der Waals surface area contributed by atoms with Gasteiger partial charge in [0.2, 0.25) is 0 Å². The van der Waals surface area contributed by atoms with Crippen LogP contribution in [0.25, 0.3) is 11.5 Å². The standard InChI is InChI=1S/C16H15BrN4O/c1-16(11-2-3-11,12-4-6-13(17)7-5-12)15-20-14(22-21-15)10-8-18-19-9-10/h4-9,11H,2-3H2,1H3,(H,18,19). The number of halogens is 1. The number of nitrogens with zero attached hydrogens (tertiary/aromatic N) is 3. The lowest BCUT2D eigenvalue weighted by molar-refractivity contribution is 0.386. The van der Waals surface area contributed by atoms with Crippen molar-refractivity contribution in [1.29, 1.82) is 0 Å². The zero-order chi connectivity index (χ0) is 15.2. The Kier molecular flexibility index (Phi) is 3.14. The molecule has 0 aliphatic heterocycles. The molecule has 1 atom stereocenters. The lowest BCUT2D eigenvalue weighted by Crippen LogP contribution is -2.27. The molecule has 4 rings (SSSR count). The van der Waals surface area contributed by atoms with E-state index >= 15 is 0 Å². The average molecular weight is 359 g/mol. The van der Waals surface area contributed by atoms with Crippen molar-refractivity contribution in [2.24, 2.45) is 5.92 Å². The summed E-state index contributed by atoms with van der Waals surface area (Å²) in [4.78, 5) is 4.64. The summed E-state index contributed by atoms with van der Waals surface area (Å²) in [7, 11) is 0. The molecule has 2 heterocycles. The zero-order valence-electron chi connectivity index (χ0n) is 12.1. The summed E-state index contributed by atoms with van der Waals surface area (Å²) in [5.41, 5.74) is 1.82. The molecule has 1 aromatic carbocycles. The predicted molar refractivity (Wildman–Crippen MR) is 85.2 cm³/mol. The fourth-order valence-electron chi connectivity index (χ4n) is 2.92. The van der Waals surface area contributed by atoms with E-state index in [-0.39, 0.29) is 5.41 Å². The van der Waals surface area contributed by atoms with Gasteiger partial charge in [-0.15, -0.1) is 0 Å². The maximum absolute atomic E-state index is 5.45. The van der Waals surface area contributed by atoms with Gasteiger partial charge in [-0.1, -0.05) is 33.2 Å². The SMILES string of the molecule is CC(c1ccc(Br)cc1)(c1noc(-c2cn[nH]c2)n1)C1CC1. The Morgan fingerprint density at radius 1 is 1.27 bits per heavy atom. The van der Waals surface area contributed by atoms with E-state index < -0.39 is 0 Å². The molecule has 112 valence electrons. The number of hydrogen-bond donors (Lipinski definition) is 1. The molecule has 22 heavy (non-hydrogen) atoms. The van der Waals surface area contributed by atoms with E-state index in [0.29, 0.717) is 11.8 Å². The fraction of sp³-hybridized carbons (Fsp3) is 0.312. The average Bonchev–Trinajstić information content (AvgIpc) is 3.03. The second-order valence-electron chi connectivity index (χ2n) is 5.89. The van der Waals surface area contributed by atoms with Gasteiger partial charge in [0.1, 0.15) is 0 Å². The fourth-order valence-corrected chi connectivity index (χ4v) is 3.19. The van der Waals surface area contributed by atoms with Crippen molar-refractivity contribution >= 4 is 15.9 Å². The molecule has 0 radical (unpaired) electrons. The summed E-state index contributed by atoms with van der Waals surface area (Å²) < 4.78 is 6.52. The van der Waals surface area contributed by atoms with Gasteiger partial charge in [-0.3, -0.25) is 5.10 Å². The molecular formula is C16H15BrN4O. The minimum atomic E-state index is -0.216. The Labute approximate surface area is 136 Å². The van der Waals surface area contributed by atoms with Crippen LogP contribution in [0.15, 0.2) is 45.7 Å². The minimum absolute atomic E-state index is 0.216. The lowest BCUT2D eigenvalue weighted by atomic mass is 9.77. The number of aromatic amines is 1. The van der Waals surface area contributed by atoms with Crippen molar-refractivity contribution in [3.05, 3.63) is 52.5 Å². The van der Waals surface area contributed by atoms with Gasteiger partial charge < -0.3 is 4.52 Å². The summed E-state index contributed by atoms with van der Waals surface area (Å²) >= 11 is 3.49. The summed E-state index contributed by atoms with van der Waals surface area (Å²) in [6.45, 7) is 2.21. The smallest absolute Gasteiger partial charge is 0.261 e. The molecule has 0 amide bonds.